The highest BCUT2D eigenvalue weighted by molar-refractivity contribution is 9.10. The number of hydrogen-bond donors (Lipinski definition) is 2. The van der Waals surface area contributed by atoms with Crippen LogP contribution in [0.25, 0.3) is 0 Å². The first kappa shape index (κ1) is 37.9. The molecule has 0 saturated heterocycles. The van der Waals surface area contributed by atoms with Gasteiger partial charge in [-0.05, 0) is 90.6 Å². The number of benzene rings is 4. The van der Waals surface area contributed by atoms with Gasteiger partial charge in [-0.15, -0.1) is 0 Å². The number of hydrogen-bond acceptors (Lipinski definition) is 9. The van der Waals surface area contributed by atoms with Crippen LogP contribution in [0.5, 0.6) is 11.5 Å². The number of alkyl carbamates (subject to hydrolysis) is 1. The van der Waals surface area contributed by atoms with Gasteiger partial charge in [0.1, 0.15) is 36.4 Å². The van der Waals surface area contributed by atoms with Crippen LogP contribution in [0.1, 0.15) is 55.5 Å². The maximum atomic E-state index is 14.2. The first-order chi connectivity index (χ1) is 24.8. The van der Waals surface area contributed by atoms with Crippen molar-refractivity contribution in [1.29, 1.82) is 0 Å². The van der Waals surface area contributed by atoms with E-state index in [1.54, 1.807) is 83.3 Å². The molecule has 4 aromatic carbocycles. The maximum Gasteiger partial charge on any atom is 0.408 e. The Morgan fingerprint density at radius 1 is 0.846 bits per heavy atom. The highest BCUT2D eigenvalue weighted by Gasteiger charge is 2.58. The molecule has 1 aliphatic rings. The van der Waals surface area contributed by atoms with Crippen molar-refractivity contribution in [2.45, 2.75) is 64.4 Å². The number of ether oxygens (including phenoxy) is 5. The third-order valence-corrected chi connectivity index (χ3v) is 8.88. The lowest BCUT2D eigenvalue weighted by Crippen LogP contribution is -2.46. The molecule has 0 aromatic heterocycles. The number of para-hydroxylation sites is 1. The van der Waals surface area contributed by atoms with Gasteiger partial charge in [0.2, 0.25) is 5.41 Å². The van der Waals surface area contributed by atoms with Gasteiger partial charge in [-0.1, -0.05) is 60.7 Å². The topological polar surface area (TPSA) is 138 Å². The number of anilines is 1. The van der Waals surface area contributed by atoms with Gasteiger partial charge in [0.25, 0.3) is 5.91 Å². The quantitative estimate of drug-likeness (QED) is 0.0835. The average Bonchev–Trinajstić information content (AvgIpc) is 3.43. The monoisotopic (exact) mass is 772 g/mol. The van der Waals surface area contributed by atoms with Crippen LogP contribution in [0.2, 0.25) is 0 Å². The number of nitrogens with one attached hydrogen (secondary N) is 2. The molecule has 2 atom stereocenters. The van der Waals surface area contributed by atoms with Gasteiger partial charge in [0.05, 0.1) is 19.4 Å². The van der Waals surface area contributed by atoms with Crippen molar-refractivity contribution in [3.63, 3.8) is 0 Å². The molecular weight excluding hydrogens is 732 g/mol. The van der Waals surface area contributed by atoms with E-state index in [4.69, 9.17) is 23.7 Å². The normalized spacial score (nSPS) is 15.5. The summed E-state index contributed by atoms with van der Waals surface area (Å²) in [5.74, 6) is -1.22. The number of amides is 2. The number of rotatable bonds is 13. The molecule has 11 nitrogen and oxygen atoms in total. The minimum atomic E-state index is -1.98. The molecule has 0 bridgehead atoms. The Morgan fingerprint density at radius 3 is 2.21 bits per heavy atom. The molecule has 272 valence electrons. The Labute approximate surface area is 311 Å². The highest BCUT2D eigenvalue weighted by Crippen LogP contribution is 2.49. The second-order valence-corrected chi connectivity index (χ2v) is 13.9. The maximum absolute atomic E-state index is 14.2. The summed E-state index contributed by atoms with van der Waals surface area (Å²) in [7, 11) is 1.58. The molecule has 1 aliphatic heterocycles. The molecule has 2 N–H and O–H groups in total. The number of halogens is 1. The molecule has 0 fully saturated rings. The van der Waals surface area contributed by atoms with Gasteiger partial charge >= 0.3 is 18.0 Å². The second kappa shape index (κ2) is 16.3. The van der Waals surface area contributed by atoms with Crippen LogP contribution in [0, 0.1) is 0 Å². The van der Waals surface area contributed by atoms with Gasteiger partial charge in [0, 0.05) is 22.0 Å². The summed E-state index contributed by atoms with van der Waals surface area (Å²) in [5, 5.41) is 5.51. The lowest BCUT2D eigenvalue weighted by Gasteiger charge is -2.29. The van der Waals surface area contributed by atoms with Crippen molar-refractivity contribution < 1.29 is 42.9 Å². The van der Waals surface area contributed by atoms with E-state index in [-0.39, 0.29) is 37.6 Å². The Bertz CT molecular complexity index is 1930. The third-order valence-electron chi connectivity index (χ3n) is 8.22. The van der Waals surface area contributed by atoms with E-state index in [0.717, 1.165) is 11.1 Å². The molecule has 0 spiro atoms. The van der Waals surface area contributed by atoms with Crippen LogP contribution in [0.15, 0.2) is 95.5 Å². The van der Waals surface area contributed by atoms with Crippen LogP contribution in [-0.2, 0) is 53.6 Å². The molecule has 4 aromatic rings. The summed E-state index contributed by atoms with van der Waals surface area (Å²) < 4.78 is 28.9. The van der Waals surface area contributed by atoms with Gasteiger partial charge < -0.3 is 34.3 Å². The van der Waals surface area contributed by atoms with Gasteiger partial charge in [0.15, 0.2) is 0 Å². The van der Waals surface area contributed by atoms with Crippen molar-refractivity contribution in [2.75, 3.05) is 19.0 Å². The molecule has 0 aliphatic carbocycles. The van der Waals surface area contributed by atoms with E-state index < -0.39 is 41.0 Å². The van der Waals surface area contributed by atoms with E-state index in [9.17, 15) is 19.2 Å². The Morgan fingerprint density at radius 2 is 1.54 bits per heavy atom. The minimum Gasteiger partial charge on any atom is -0.497 e. The van der Waals surface area contributed by atoms with E-state index in [2.05, 4.69) is 26.6 Å². The SMILES string of the molecule is CCOC(=O)C1(c2cc(C[C@H](NC(=O)OCc3ccccc3)C(=O)OC(C)(C)C)ccc2OCc2ccc(OC)cc2)C(=O)Nc2c(Br)cccc21. The van der Waals surface area contributed by atoms with Gasteiger partial charge in [-0.2, -0.15) is 0 Å². The molecule has 52 heavy (non-hydrogen) atoms. The zero-order chi connectivity index (χ0) is 37.5. The molecular formula is C40H41BrN2O9. The summed E-state index contributed by atoms with van der Waals surface area (Å²) in [5.41, 5.74) is 0.207. The molecule has 1 heterocycles. The Hall–Kier alpha value is -5.36. The lowest BCUT2D eigenvalue weighted by atomic mass is 9.74. The summed E-state index contributed by atoms with van der Waals surface area (Å²) in [6, 6.07) is 25.4. The number of methoxy groups -OCH3 is 1. The second-order valence-electron chi connectivity index (χ2n) is 13.1. The molecule has 0 saturated carbocycles. The van der Waals surface area contributed by atoms with Crippen molar-refractivity contribution in [2.24, 2.45) is 0 Å². The van der Waals surface area contributed by atoms with Crippen LogP contribution >= 0.6 is 15.9 Å². The van der Waals surface area contributed by atoms with Crippen molar-refractivity contribution in [3.05, 3.63) is 123 Å². The smallest absolute Gasteiger partial charge is 0.408 e. The summed E-state index contributed by atoms with van der Waals surface area (Å²) in [6.07, 6.45) is -0.899. The van der Waals surface area contributed by atoms with E-state index in [1.165, 1.54) is 0 Å². The Balaban J connectivity index is 1.57. The first-order valence-electron chi connectivity index (χ1n) is 16.7. The standard InChI is InChI=1S/C40H41BrN2O9/c1-6-49-37(46)40(29-13-10-14-31(41)34(29)43-36(40)45)30-21-27(17-20-33(30)50-23-26-15-18-28(48-5)19-16-26)22-32(35(44)52-39(2,3)4)42-38(47)51-24-25-11-8-7-9-12-25/h7-21,32H,6,22-24H2,1-5H3,(H,42,47)(H,43,45)/t32-,40?/m0/s1. The largest absolute Gasteiger partial charge is 0.497 e. The molecule has 2 amide bonds. The lowest BCUT2D eigenvalue weighted by molar-refractivity contribution is -0.157. The van der Waals surface area contributed by atoms with Crippen LogP contribution in [0.3, 0.4) is 0 Å². The summed E-state index contributed by atoms with van der Waals surface area (Å²) in [6.45, 7) is 6.92. The number of fused-ring (bicyclic) bond motifs is 1. The fraction of sp³-hybridized carbons (Fsp3) is 0.300. The molecule has 5 rings (SSSR count). The molecule has 1 unspecified atom stereocenters. The number of carbonyl (C=O) groups excluding carboxylic acids is 4. The van der Waals surface area contributed by atoms with E-state index in [1.807, 2.05) is 42.5 Å². The fourth-order valence-corrected chi connectivity index (χ4v) is 6.29. The van der Waals surface area contributed by atoms with E-state index in [0.29, 0.717) is 27.0 Å². The first-order valence-corrected chi connectivity index (χ1v) is 17.5. The predicted octanol–water partition coefficient (Wildman–Crippen LogP) is 7.02. The van der Waals surface area contributed by atoms with Gasteiger partial charge in [-0.25, -0.2) is 9.59 Å². The van der Waals surface area contributed by atoms with Crippen LogP contribution < -0.4 is 20.1 Å². The van der Waals surface area contributed by atoms with Crippen molar-refractivity contribution in [1.82, 2.24) is 5.32 Å². The zero-order valence-electron chi connectivity index (χ0n) is 29.6. The fourth-order valence-electron chi connectivity index (χ4n) is 5.83. The summed E-state index contributed by atoms with van der Waals surface area (Å²) in [4.78, 5) is 54.9. The van der Waals surface area contributed by atoms with E-state index >= 15 is 0 Å². The Kier molecular flexibility index (Phi) is 11.9. The number of esters is 2. The van der Waals surface area contributed by atoms with Crippen molar-refractivity contribution in [3.8, 4) is 11.5 Å². The molecule has 12 heteroatoms. The summed E-state index contributed by atoms with van der Waals surface area (Å²) >= 11 is 3.50. The van der Waals surface area contributed by atoms with Gasteiger partial charge in [-0.3, -0.25) is 9.59 Å². The predicted molar refractivity (Wildman–Crippen MR) is 197 cm³/mol. The molecule has 0 radical (unpaired) electrons. The third kappa shape index (κ3) is 8.56. The minimum absolute atomic E-state index is 0.00859. The average molecular weight is 774 g/mol. The van der Waals surface area contributed by atoms with Crippen LogP contribution in [0.4, 0.5) is 10.5 Å². The zero-order valence-corrected chi connectivity index (χ0v) is 31.2. The number of carbonyl (C=O) groups is 4. The van der Waals surface area contributed by atoms with Crippen molar-refractivity contribution >= 4 is 45.6 Å². The highest BCUT2D eigenvalue weighted by atomic mass is 79.9. The van der Waals surface area contributed by atoms with Crippen LogP contribution in [-0.4, -0.2) is 49.3 Å².